The van der Waals surface area contributed by atoms with Crippen LogP contribution in [0.2, 0.25) is 0 Å². The van der Waals surface area contributed by atoms with Crippen LogP contribution in [0.4, 0.5) is 17.3 Å². The number of carbonyl (C=O) groups is 1. The predicted octanol–water partition coefficient (Wildman–Crippen LogP) is 0.753. The normalized spacial score (nSPS) is 10.8. The van der Waals surface area contributed by atoms with Gasteiger partial charge in [-0.1, -0.05) is 0 Å². The molecule has 1 heterocycles. The van der Waals surface area contributed by atoms with E-state index < -0.39 is 4.92 Å². The third-order valence-electron chi connectivity index (χ3n) is 2.17. The summed E-state index contributed by atoms with van der Waals surface area (Å²) in [5.74, 6) is -0.196. The lowest BCUT2D eigenvalue weighted by Gasteiger charge is -2.20. The van der Waals surface area contributed by atoms with E-state index in [1.807, 2.05) is 20.8 Å². The van der Waals surface area contributed by atoms with E-state index in [1.165, 1.54) is 13.4 Å². The molecular formula is C11H18N6O3. The maximum absolute atomic E-state index is 11.7. The molecule has 110 valence electrons. The smallest absolute Gasteiger partial charge is 0.353 e. The molecule has 0 radical (unpaired) electrons. The van der Waals surface area contributed by atoms with Crippen LogP contribution in [0.5, 0.6) is 0 Å². The van der Waals surface area contributed by atoms with Gasteiger partial charge in [-0.3, -0.25) is 14.9 Å². The molecule has 3 N–H and O–H groups in total. The summed E-state index contributed by atoms with van der Waals surface area (Å²) < 4.78 is 0. The number of rotatable bonds is 5. The monoisotopic (exact) mass is 282 g/mol. The zero-order valence-electron chi connectivity index (χ0n) is 11.9. The molecule has 1 rings (SSSR count). The minimum Gasteiger partial charge on any atom is -0.367 e. The van der Waals surface area contributed by atoms with Gasteiger partial charge in [0.15, 0.2) is 0 Å². The zero-order valence-corrected chi connectivity index (χ0v) is 11.9. The number of carbonyl (C=O) groups excluding carboxylic acids is 1. The second-order valence-electron chi connectivity index (χ2n) is 5.08. The largest absolute Gasteiger partial charge is 0.367 e. The molecule has 0 aliphatic rings. The van der Waals surface area contributed by atoms with Crippen molar-refractivity contribution < 1.29 is 9.72 Å². The van der Waals surface area contributed by atoms with Gasteiger partial charge >= 0.3 is 5.69 Å². The molecule has 9 nitrogen and oxygen atoms in total. The fourth-order valence-corrected chi connectivity index (χ4v) is 1.49. The van der Waals surface area contributed by atoms with Crippen molar-refractivity contribution in [3.8, 4) is 0 Å². The van der Waals surface area contributed by atoms with Gasteiger partial charge in [-0.2, -0.15) is 0 Å². The Balaban J connectivity index is 2.83. The molecule has 20 heavy (non-hydrogen) atoms. The highest BCUT2D eigenvalue weighted by Gasteiger charge is 2.22. The second kappa shape index (κ2) is 6.13. The summed E-state index contributed by atoms with van der Waals surface area (Å²) in [7, 11) is 1.52. The molecule has 0 atom stereocenters. The summed E-state index contributed by atoms with van der Waals surface area (Å²) in [6.07, 6.45) is 1.18. The van der Waals surface area contributed by atoms with E-state index in [0.717, 1.165) is 0 Å². The van der Waals surface area contributed by atoms with Crippen LogP contribution in [-0.4, -0.2) is 39.9 Å². The molecule has 0 fully saturated rings. The Morgan fingerprint density at radius 1 is 1.35 bits per heavy atom. The Hall–Kier alpha value is -2.45. The number of nitrogens with one attached hydrogen (secondary N) is 3. The standard InChI is InChI=1S/C11H18N6O3/c1-11(2,3)16-7(18)5-13-10-8(17(19)20)9(12-4)14-6-15-10/h6H,5H2,1-4H3,(H,16,18)(H2,12,13,14,15). The second-order valence-corrected chi connectivity index (χ2v) is 5.08. The van der Waals surface area contributed by atoms with Crippen LogP contribution in [0.25, 0.3) is 0 Å². The van der Waals surface area contributed by atoms with Crippen molar-refractivity contribution in [2.24, 2.45) is 0 Å². The molecule has 0 aromatic carbocycles. The minimum atomic E-state index is -0.601. The van der Waals surface area contributed by atoms with E-state index in [4.69, 9.17) is 0 Å². The maximum Gasteiger partial charge on any atom is 0.353 e. The molecule has 0 saturated heterocycles. The third kappa shape index (κ3) is 4.34. The van der Waals surface area contributed by atoms with Gasteiger partial charge in [-0.15, -0.1) is 0 Å². The van der Waals surface area contributed by atoms with Gasteiger partial charge in [0, 0.05) is 12.6 Å². The summed E-state index contributed by atoms with van der Waals surface area (Å²) in [5, 5.41) is 19.0. The van der Waals surface area contributed by atoms with Gasteiger partial charge in [0.05, 0.1) is 11.5 Å². The lowest BCUT2D eigenvalue weighted by Crippen LogP contribution is -2.43. The highest BCUT2D eigenvalue weighted by atomic mass is 16.6. The van der Waals surface area contributed by atoms with E-state index in [2.05, 4.69) is 25.9 Å². The first-order valence-corrected chi connectivity index (χ1v) is 5.96. The fraction of sp³-hybridized carbons (Fsp3) is 0.545. The molecule has 1 aromatic rings. The average molecular weight is 282 g/mol. The van der Waals surface area contributed by atoms with Gasteiger partial charge in [-0.05, 0) is 20.8 Å². The van der Waals surface area contributed by atoms with Crippen LogP contribution < -0.4 is 16.0 Å². The number of hydrogen-bond donors (Lipinski definition) is 3. The Morgan fingerprint density at radius 3 is 2.45 bits per heavy atom. The van der Waals surface area contributed by atoms with Crippen molar-refractivity contribution in [3.63, 3.8) is 0 Å². The summed E-state index contributed by atoms with van der Waals surface area (Å²) in [5.41, 5.74) is -0.662. The van der Waals surface area contributed by atoms with Crippen molar-refractivity contribution >= 4 is 23.2 Å². The van der Waals surface area contributed by atoms with Crippen LogP contribution in [0.1, 0.15) is 20.8 Å². The summed E-state index contributed by atoms with van der Waals surface area (Å²) >= 11 is 0. The van der Waals surface area contributed by atoms with E-state index >= 15 is 0 Å². The van der Waals surface area contributed by atoms with Crippen molar-refractivity contribution in [2.45, 2.75) is 26.3 Å². The molecule has 9 heteroatoms. The lowest BCUT2D eigenvalue weighted by atomic mass is 10.1. The number of nitrogens with zero attached hydrogens (tertiary/aromatic N) is 3. The Labute approximate surface area is 116 Å². The van der Waals surface area contributed by atoms with Crippen LogP contribution in [0.15, 0.2) is 6.33 Å². The average Bonchev–Trinajstić information content (AvgIpc) is 2.33. The van der Waals surface area contributed by atoms with E-state index in [-0.39, 0.29) is 35.3 Å². The summed E-state index contributed by atoms with van der Waals surface area (Å²) in [6.45, 7) is 5.42. The zero-order chi connectivity index (χ0) is 15.3. The van der Waals surface area contributed by atoms with E-state index in [0.29, 0.717) is 0 Å². The molecule has 1 aromatic heterocycles. The SMILES string of the molecule is CNc1ncnc(NCC(=O)NC(C)(C)C)c1[N+](=O)[O-]. The molecule has 0 aliphatic heterocycles. The van der Waals surface area contributed by atoms with Gasteiger partial charge in [0.1, 0.15) is 6.33 Å². The molecule has 0 saturated carbocycles. The van der Waals surface area contributed by atoms with Gasteiger partial charge in [-0.25, -0.2) is 9.97 Å². The van der Waals surface area contributed by atoms with Crippen LogP contribution in [-0.2, 0) is 4.79 Å². The van der Waals surface area contributed by atoms with Crippen LogP contribution in [0, 0.1) is 10.1 Å². The van der Waals surface area contributed by atoms with Gasteiger partial charge in [0.2, 0.25) is 17.5 Å². The van der Waals surface area contributed by atoms with Crippen molar-refractivity contribution in [2.75, 3.05) is 24.2 Å². The Kier molecular flexibility index (Phi) is 4.78. The van der Waals surface area contributed by atoms with Crippen molar-refractivity contribution in [3.05, 3.63) is 16.4 Å². The Morgan fingerprint density at radius 2 is 1.95 bits per heavy atom. The fourth-order valence-electron chi connectivity index (χ4n) is 1.49. The lowest BCUT2D eigenvalue weighted by molar-refractivity contribution is -0.383. The maximum atomic E-state index is 11.7. The first kappa shape index (κ1) is 15.6. The highest BCUT2D eigenvalue weighted by molar-refractivity contribution is 5.82. The highest BCUT2D eigenvalue weighted by Crippen LogP contribution is 2.27. The van der Waals surface area contributed by atoms with Gasteiger partial charge < -0.3 is 16.0 Å². The molecule has 0 aliphatic carbocycles. The molecule has 0 spiro atoms. The summed E-state index contributed by atoms with van der Waals surface area (Å²) in [6, 6.07) is 0. The first-order chi connectivity index (χ1) is 9.24. The number of anilines is 2. The number of hydrogen-bond acceptors (Lipinski definition) is 7. The van der Waals surface area contributed by atoms with Crippen molar-refractivity contribution in [1.82, 2.24) is 15.3 Å². The van der Waals surface area contributed by atoms with E-state index in [9.17, 15) is 14.9 Å². The predicted molar refractivity (Wildman–Crippen MR) is 74.6 cm³/mol. The summed E-state index contributed by atoms with van der Waals surface area (Å²) in [4.78, 5) is 29.6. The molecule has 0 bridgehead atoms. The van der Waals surface area contributed by atoms with Crippen LogP contribution >= 0.6 is 0 Å². The number of nitro groups is 1. The van der Waals surface area contributed by atoms with Gasteiger partial charge in [0.25, 0.3) is 0 Å². The molecular weight excluding hydrogens is 264 g/mol. The van der Waals surface area contributed by atoms with Crippen LogP contribution in [0.3, 0.4) is 0 Å². The minimum absolute atomic E-state index is 0.00147. The Bertz CT molecular complexity index is 511. The number of aromatic nitrogens is 2. The first-order valence-electron chi connectivity index (χ1n) is 5.96. The third-order valence-corrected chi connectivity index (χ3v) is 2.17. The number of amides is 1. The topological polar surface area (TPSA) is 122 Å². The quantitative estimate of drug-likeness (QED) is 0.538. The molecule has 0 unspecified atom stereocenters. The molecule has 1 amide bonds. The van der Waals surface area contributed by atoms with E-state index in [1.54, 1.807) is 0 Å². The van der Waals surface area contributed by atoms with Crippen molar-refractivity contribution in [1.29, 1.82) is 0 Å².